The van der Waals surface area contributed by atoms with Gasteiger partial charge in [0.25, 0.3) is 0 Å². The lowest BCUT2D eigenvalue weighted by atomic mass is 10.1. The van der Waals surface area contributed by atoms with Crippen LogP contribution in [-0.4, -0.2) is 38.9 Å². The molecule has 1 aliphatic heterocycles. The maximum Gasteiger partial charge on any atom is 0.243 e. The summed E-state index contributed by atoms with van der Waals surface area (Å²) >= 11 is 0. The van der Waals surface area contributed by atoms with Crippen LogP contribution in [0.5, 0.6) is 0 Å². The monoisotopic (exact) mass is 338 g/mol. The highest BCUT2D eigenvalue weighted by Gasteiger charge is 2.25. The van der Waals surface area contributed by atoms with Crippen molar-refractivity contribution in [2.45, 2.75) is 4.90 Å². The summed E-state index contributed by atoms with van der Waals surface area (Å²) < 4.78 is 26.6. The maximum atomic E-state index is 12.5. The van der Waals surface area contributed by atoms with E-state index in [1.807, 2.05) is 42.5 Å². The van der Waals surface area contributed by atoms with Gasteiger partial charge in [0, 0.05) is 26.2 Å². The lowest BCUT2D eigenvalue weighted by molar-refractivity contribution is 0.360. The van der Waals surface area contributed by atoms with Gasteiger partial charge in [-0.2, -0.15) is 4.31 Å². The molecule has 0 saturated carbocycles. The number of rotatable bonds is 3. The molecule has 0 aromatic heterocycles. The van der Waals surface area contributed by atoms with Crippen molar-refractivity contribution in [3.05, 3.63) is 54.6 Å². The molecule has 22 heavy (non-hydrogen) atoms. The van der Waals surface area contributed by atoms with E-state index in [1.54, 1.807) is 16.4 Å². The maximum absolute atomic E-state index is 12.5. The van der Waals surface area contributed by atoms with Crippen LogP contribution < -0.4 is 5.32 Å². The van der Waals surface area contributed by atoms with E-state index in [0.29, 0.717) is 31.1 Å². The molecule has 0 bridgehead atoms. The summed E-state index contributed by atoms with van der Waals surface area (Å²) in [6, 6.07) is 17.1. The van der Waals surface area contributed by atoms with Crippen molar-refractivity contribution >= 4 is 22.4 Å². The van der Waals surface area contributed by atoms with Crippen LogP contribution in [0.4, 0.5) is 0 Å². The number of benzene rings is 2. The Balaban J connectivity index is 0.00000176. The van der Waals surface area contributed by atoms with Crippen molar-refractivity contribution in [2.75, 3.05) is 26.2 Å². The minimum absolute atomic E-state index is 0. The first kappa shape index (κ1) is 17.0. The third-order valence-corrected chi connectivity index (χ3v) is 5.59. The van der Waals surface area contributed by atoms with Crippen LogP contribution in [0.15, 0.2) is 59.5 Å². The van der Waals surface area contributed by atoms with E-state index in [9.17, 15) is 8.42 Å². The summed E-state index contributed by atoms with van der Waals surface area (Å²) in [5, 5.41) is 3.16. The van der Waals surface area contributed by atoms with Crippen molar-refractivity contribution in [1.29, 1.82) is 0 Å². The number of hydrogen-bond acceptors (Lipinski definition) is 3. The SMILES string of the molecule is Cl.O=S(=O)(c1ccc(-c2ccccc2)cc1)N1CCNCC1. The summed E-state index contributed by atoms with van der Waals surface area (Å²) in [4.78, 5) is 0.365. The van der Waals surface area contributed by atoms with Gasteiger partial charge in [-0.05, 0) is 23.3 Å². The smallest absolute Gasteiger partial charge is 0.243 e. The molecule has 0 spiro atoms. The Morgan fingerprint density at radius 1 is 0.818 bits per heavy atom. The Labute approximate surface area is 137 Å². The third kappa shape index (κ3) is 3.50. The van der Waals surface area contributed by atoms with Crippen molar-refractivity contribution < 1.29 is 8.42 Å². The summed E-state index contributed by atoms with van der Waals surface area (Å²) in [6.45, 7) is 2.48. The Bertz CT molecular complexity index is 697. The summed E-state index contributed by atoms with van der Waals surface area (Å²) in [5.74, 6) is 0. The van der Waals surface area contributed by atoms with Gasteiger partial charge >= 0.3 is 0 Å². The van der Waals surface area contributed by atoms with Gasteiger partial charge in [-0.15, -0.1) is 12.4 Å². The van der Waals surface area contributed by atoms with Crippen molar-refractivity contribution in [3.8, 4) is 11.1 Å². The average molecular weight is 339 g/mol. The van der Waals surface area contributed by atoms with E-state index >= 15 is 0 Å². The normalized spacial score (nSPS) is 16.0. The zero-order valence-corrected chi connectivity index (χ0v) is 13.7. The number of nitrogens with one attached hydrogen (secondary N) is 1. The van der Waals surface area contributed by atoms with Gasteiger partial charge < -0.3 is 5.32 Å². The topological polar surface area (TPSA) is 49.4 Å². The molecular formula is C16H19ClN2O2S. The summed E-state index contributed by atoms with van der Waals surface area (Å²) in [5.41, 5.74) is 2.11. The zero-order chi connectivity index (χ0) is 14.7. The minimum atomic E-state index is -3.37. The molecule has 0 aliphatic carbocycles. The quantitative estimate of drug-likeness (QED) is 0.934. The van der Waals surface area contributed by atoms with Crippen LogP contribution >= 0.6 is 12.4 Å². The van der Waals surface area contributed by atoms with Crippen LogP contribution in [0.2, 0.25) is 0 Å². The highest BCUT2D eigenvalue weighted by Crippen LogP contribution is 2.22. The second-order valence-electron chi connectivity index (χ2n) is 5.04. The van der Waals surface area contributed by atoms with E-state index in [4.69, 9.17) is 0 Å². The molecule has 0 amide bonds. The van der Waals surface area contributed by atoms with E-state index in [2.05, 4.69) is 5.32 Å². The Morgan fingerprint density at radius 3 is 1.95 bits per heavy atom. The molecule has 1 aliphatic rings. The van der Waals surface area contributed by atoms with Gasteiger partial charge in [0.05, 0.1) is 4.90 Å². The minimum Gasteiger partial charge on any atom is -0.314 e. The Hall–Kier alpha value is -1.40. The highest BCUT2D eigenvalue weighted by molar-refractivity contribution is 7.89. The molecule has 1 saturated heterocycles. The lowest BCUT2D eigenvalue weighted by Crippen LogP contribution is -2.46. The number of sulfonamides is 1. The second-order valence-corrected chi connectivity index (χ2v) is 6.98. The van der Waals surface area contributed by atoms with Crippen molar-refractivity contribution in [2.24, 2.45) is 0 Å². The van der Waals surface area contributed by atoms with Crippen LogP contribution in [0.25, 0.3) is 11.1 Å². The predicted octanol–water partition coefficient (Wildman–Crippen LogP) is 2.37. The van der Waals surface area contributed by atoms with E-state index < -0.39 is 10.0 Å². The van der Waals surface area contributed by atoms with Gasteiger partial charge in [-0.25, -0.2) is 8.42 Å². The van der Waals surface area contributed by atoms with Gasteiger partial charge in [-0.1, -0.05) is 42.5 Å². The fourth-order valence-corrected chi connectivity index (χ4v) is 3.93. The lowest BCUT2D eigenvalue weighted by Gasteiger charge is -2.26. The zero-order valence-electron chi connectivity index (χ0n) is 12.1. The first-order chi connectivity index (χ1) is 10.2. The molecule has 2 aromatic carbocycles. The molecular weight excluding hydrogens is 320 g/mol. The molecule has 6 heteroatoms. The van der Waals surface area contributed by atoms with Gasteiger partial charge in [0.15, 0.2) is 0 Å². The standard InChI is InChI=1S/C16H18N2O2S.ClH/c19-21(20,18-12-10-17-11-13-18)16-8-6-15(7-9-16)14-4-2-1-3-5-14;/h1-9,17H,10-13H2;1H. The molecule has 3 rings (SSSR count). The molecule has 2 aromatic rings. The van der Waals surface area contributed by atoms with Gasteiger partial charge in [0.2, 0.25) is 10.0 Å². The van der Waals surface area contributed by atoms with Crippen LogP contribution in [0.3, 0.4) is 0 Å². The molecule has 0 radical (unpaired) electrons. The molecule has 4 nitrogen and oxygen atoms in total. The molecule has 1 fully saturated rings. The number of halogens is 1. The van der Waals surface area contributed by atoms with Crippen LogP contribution in [0.1, 0.15) is 0 Å². The van der Waals surface area contributed by atoms with Gasteiger partial charge in [0.1, 0.15) is 0 Å². The number of hydrogen-bond donors (Lipinski definition) is 1. The first-order valence-electron chi connectivity index (χ1n) is 7.04. The van der Waals surface area contributed by atoms with Crippen molar-refractivity contribution in [3.63, 3.8) is 0 Å². The largest absolute Gasteiger partial charge is 0.314 e. The molecule has 1 heterocycles. The van der Waals surface area contributed by atoms with Crippen molar-refractivity contribution in [1.82, 2.24) is 9.62 Å². The van der Waals surface area contributed by atoms with E-state index in [-0.39, 0.29) is 12.4 Å². The molecule has 1 N–H and O–H groups in total. The molecule has 0 unspecified atom stereocenters. The highest BCUT2D eigenvalue weighted by atomic mass is 35.5. The second kappa shape index (κ2) is 7.24. The van der Waals surface area contributed by atoms with E-state index in [0.717, 1.165) is 11.1 Å². The number of nitrogens with zero attached hydrogens (tertiary/aromatic N) is 1. The van der Waals surface area contributed by atoms with Crippen LogP contribution in [-0.2, 0) is 10.0 Å². The Kier molecular flexibility index (Phi) is 5.58. The average Bonchev–Trinajstić information content (AvgIpc) is 2.57. The summed E-state index contributed by atoms with van der Waals surface area (Å²) in [7, 11) is -3.37. The molecule has 118 valence electrons. The third-order valence-electron chi connectivity index (χ3n) is 3.68. The first-order valence-corrected chi connectivity index (χ1v) is 8.48. The molecule has 0 atom stereocenters. The van der Waals surface area contributed by atoms with E-state index in [1.165, 1.54) is 0 Å². The summed E-state index contributed by atoms with van der Waals surface area (Å²) in [6.07, 6.45) is 0. The van der Waals surface area contributed by atoms with Gasteiger partial charge in [-0.3, -0.25) is 0 Å². The fourth-order valence-electron chi connectivity index (χ4n) is 2.48. The predicted molar refractivity (Wildman–Crippen MR) is 90.8 cm³/mol. The fraction of sp³-hybridized carbons (Fsp3) is 0.250. The Morgan fingerprint density at radius 2 is 1.36 bits per heavy atom. The van der Waals surface area contributed by atoms with Crippen LogP contribution in [0, 0.1) is 0 Å². The number of piperazine rings is 1.